The Morgan fingerprint density at radius 3 is 2.73 bits per heavy atom. The maximum atomic E-state index is 12.7. The number of aromatic amines is 1. The number of carbonyl (C=O) groups excluding carboxylic acids is 1. The van der Waals surface area contributed by atoms with Crippen LogP contribution < -0.4 is 5.32 Å². The Labute approximate surface area is 178 Å². The number of pyridine rings is 1. The second-order valence-electron chi connectivity index (χ2n) is 9.29. The average Bonchev–Trinajstić information content (AvgIpc) is 3.46. The van der Waals surface area contributed by atoms with Crippen LogP contribution in [0.5, 0.6) is 0 Å². The number of fused-ring (bicyclic) bond motifs is 1. The molecule has 30 heavy (non-hydrogen) atoms. The van der Waals surface area contributed by atoms with Gasteiger partial charge < -0.3 is 15.0 Å². The van der Waals surface area contributed by atoms with Crippen molar-refractivity contribution in [2.45, 2.75) is 64.7 Å². The summed E-state index contributed by atoms with van der Waals surface area (Å²) in [6.45, 7) is 9.10. The molecule has 1 fully saturated rings. The molecule has 0 aliphatic heterocycles. The van der Waals surface area contributed by atoms with E-state index in [1.165, 1.54) is 18.5 Å². The first-order chi connectivity index (χ1) is 14.3. The Hall–Kier alpha value is -2.82. The summed E-state index contributed by atoms with van der Waals surface area (Å²) in [5.41, 5.74) is 4.89. The van der Waals surface area contributed by atoms with E-state index in [-0.39, 0.29) is 11.4 Å². The molecule has 5 heteroatoms. The first-order valence-corrected chi connectivity index (χ1v) is 10.9. The fourth-order valence-corrected chi connectivity index (χ4v) is 3.51. The molecule has 0 amide bonds. The molecule has 0 radical (unpaired) electrons. The zero-order chi connectivity index (χ0) is 21.3. The van der Waals surface area contributed by atoms with E-state index in [0.717, 1.165) is 35.0 Å². The maximum absolute atomic E-state index is 12.7. The molecule has 158 valence electrons. The van der Waals surface area contributed by atoms with E-state index < -0.39 is 0 Å². The first-order valence-electron chi connectivity index (χ1n) is 10.9. The fourth-order valence-electron chi connectivity index (χ4n) is 3.51. The SMILES string of the molecule is CCCCOC(=O)c1cc(C2CC2)cnc1Nc1ccc2[nH]c(C(C)(C)C)cc2c1. The van der Waals surface area contributed by atoms with Crippen molar-refractivity contribution in [3.8, 4) is 0 Å². The Kier molecular flexibility index (Phi) is 5.54. The summed E-state index contributed by atoms with van der Waals surface area (Å²) in [5.74, 6) is 0.770. The van der Waals surface area contributed by atoms with E-state index >= 15 is 0 Å². The maximum Gasteiger partial charge on any atom is 0.341 e. The lowest BCUT2D eigenvalue weighted by atomic mass is 9.92. The molecule has 2 aromatic heterocycles. The highest BCUT2D eigenvalue weighted by Gasteiger charge is 2.26. The molecule has 3 aromatic rings. The lowest BCUT2D eigenvalue weighted by Crippen LogP contribution is -2.11. The van der Waals surface area contributed by atoms with Crippen molar-refractivity contribution in [3.63, 3.8) is 0 Å². The molecule has 0 saturated heterocycles. The number of rotatable bonds is 7. The molecule has 2 heterocycles. The number of H-pyrrole nitrogens is 1. The van der Waals surface area contributed by atoms with Gasteiger partial charge in [-0.15, -0.1) is 0 Å². The van der Waals surface area contributed by atoms with Gasteiger partial charge in [0.1, 0.15) is 11.4 Å². The number of hydrogen-bond acceptors (Lipinski definition) is 4. The van der Waals surface area contributed by atoms with E-state index in [0.29, 0.717) is 23.9 Å². The smallest absolute Gasteiger partial charge is 0.341 e. The number of unbranched alkanes of at least 4 members (excludes halogenated alkanes) is 1. The Bertz CT molecular complexity index is 1060. The highest BCUT2D eigenvalue weighted by atomic mass is 16.5. The normalized spacial score (nSPS) is 14.1. The van der Waals surface area contributed by atoms with Crippen LogP contribution >= 0.6 is 0 Å². The summed E-state index contributed by atoms with van der Waals surface area (Å²) in [6, 6.07) is 10.3. The second kappa shape index (κ2) is 8.13. The molecule has 1 saturated carbocycles. The third kappa shape index (κ3) is 4.50. The lowest BCUT2D eigenvalue weighted by Gasteiger charge is -2.15. The van der Waals surface area contributed by atoms with Gasteiger partial charge in [-0.3, -0.25) is 0 Å². The number of aromatic nitrogens is 2. The van der Waals surface area contributed by atoms with Crippen LogP contribution in [0.3, 0.4) is 0 Å². The summed E-state index contributed by atoms with van der Waals surface area (Å²) < 4.78 is 5.49. The monoisotopic (exact) mass is 405 g/mol. The van der Waals surface area contributed by atoms with Crippen LogP contribution in [-0.2, 0) is 10.2 Å². The van der Waals surface area contributed by atoms with Gasteiger partial charge in [0.25, 0.3) is 0 Å². The van der Waals surface area contributed by atoms with Crippen LogP contribution in [-0.4, -0.2) is 22.5 Å². The minimum Gasteiger partial charge on any atom is -0.462 e. The predicted octanol–water partition coefficient (Wildman–Crippen LogP) is 6.44. The minimum absolute atomic E-state index is 0.0578. The standard InChI is InChI=1S/C25H31N3O2/c1-5-6-11-30-24(29)20-13-18(16-7-8-16)15-26-23(20)27-19-9-10-21-17(12-19)14-22(28-21)25(2,3)4/h9-10,12-16,28H,5-8,11H2,1-4H3,(H,26,27). The number of nitrogens with zero attached hydrogens (tertiary/aromatic N) is 1. The van der Waals surface area contributed by atoms with E-state index in [2.05, 4.69) is 61.2 Å². The molecule has 0 unspecified atom stereocenters. The highest BCUT2D eigenvalue weighted by Crippen LogP contribution is 2.40. The van der Waals surface area contributed by atoms with E-state index in [1.807, 2.05) is 18.3 Å². The Morgan fingerprint density at radius 2 is 2.03 bits per heavy atom. The first kappa shape index (κ1) is 20.5. The molecular formula is C25H31N3O2. The number of anilines is 2. The Balaban J connectivity index is 1.62. The number of nitrogens with one attached hydrogen (secondary N) is 2. The highest BCUT2D eigenvalue weighted by molar-refractivity contribution is 5.96. The molecule has 5 nitrogen and oxygen atoms in total. The van der Waals surface area contributed by atoms with Crippen molar-refractivity contribution in [1.82, 2.24) is 9.97 Å². The molecule has 1 aliphatic rings. The van der Waals surface area contributed by atoms with Gasteiger partial charge >= 0.3 is 5.97 Å². The van der Waals surface area contributed by atoms with Gasteiger partial charge in [0.05, 0.1) is 6.61 Å². The number of esters is 1. The zero-order valence-corrected chi connectivity index (χ0v) is 18.3. The van der Waals surface area contributed by atoms with Crippen molar-refractivity contribution in [2.75, 3.05) is 11.9 Å². The molecule has 0 spiro atoms. The number of ether oxygens (including phenoxy) is 1. The molecule has 1 aromatic carbocycles. The third-order valence-electron chi connectivity index (χ3n) is 5.60. The quantitative estimate of drug-likeness (QED) is 0.351. The minimum atomic E-state index is -0.307. The van der Waals surface area contributed by atoms with Crippen molar-refractivity contribution >= 4 is 28.4 Å². The van der Waals surface area contributed by atoms with Gasteiger partial charge in [0.15, 0.2) is 0 Å². The summed E-state index contributed by atoms with van der Waals surface area (Å²) >= 11 is 0. The second-order valence-corrected chi connectivity index (χ2v) is 9.29. The van der Waals surface area contributed by atoms with Crippen LogP contribution in [0.2, 0.25) is 0 Å². The van der Waals surface area contributed by atoms with Crippen LogP contribution in [0.4, 0.5) is 11.5 Å². The zero-order valence-electron chi connectivity index (χ0n) is 18.3. The molecule has 0 atom stereocenters. The van der Waals surface area contributed by atoms with Gasteiger partial charge in [0, 0.05) is 33.9 Å². The van der Waals surface area contributed by atoms with Gasteiger partial charge in [0.2, 0.25) is 0 Å². The van der Waals surface area contributed by atoms with Crippen molar-refractivity contribution in [3.05, 3.63) is 53.3 Å². The van der Waals surface area contributed by atoms with Crippen LogP contribution in [0.25, 0.3) is 10.9 Å². The lowest BCUT2D eigenvalue weighted by molar-refractivity contribution is 0.0500. The summed E-state index contributed by atoms with van der Waals surface area (Å²) in [7, 11) is 0. The van der Waals surface area contributed by atoms with Crippen LogP contribution in [0, 0.1) is 0 Å². The molecule has 4 rings (SSSR count). The van der Waals surface area contributed by atoms with Gasteiger partial charge in [-0.2, -0.15) is 0 Å². The number of benzene rings is 1. The predicted molar refractivity (Wildman–Crippen MR) is 122 cm³/mol. The number of carbonyl (C=O) groups is 1. The van der Waals surface area contributed by atoms with E-state index in [1.54, 1.807) is 0 Å². The molecular weight excluding hydrogens is 374 g/mol. The molecule has 2 N–H and O–H groups in total. The van der Waals surface area contributed by atoms with Gasteiger partial charge in [-0.1, -0.05) is 34.1 Å². The van der Waals surface area contributed by atoms with Gasteiger partial charge in [-0.25, -0.2) is 9.78 Å². The number of hydrogen-bond donors (Lipinski definition) is 2. The average molecular weight is 406 g/mol. The molecule has 0 bridgehead atoms. The summed E-state index contributed by atoms with van der Waals surface area (Å²) in [4.78, 5) is 20.8. The van der Waals surface area contributed by atoms with Gasteiger partial charge in [-0.05, 0) is 61.1 Å². The van der Waals surface area contributed by atoms with Crippen LogP contribution in [0.15, 0.2) is 36.5 Å². The third-order valence-corrected chi connectivity index (χ3v) is 5.60. The topological polar surface area (TPSA) is 67.0 Å². The summed E-state index contributed by atoms with van der Waals surface area (Å²) in [5, 5.41) is 4.48. The van der Waals surface area contributed by atoms with Crippen molar-refractivity contribution < 1.29 is 9.53 Å². The van der Waals surface area contributed by atoms with Crippen molar-refractivity contribution in [1.29, 1.82) is 0 Å². The Morgan fingerprint density at radius 1 is 1.23 bits per heavy atom. The van der Waals surface area contributed by atoms with E-state index in [4.69, 9.17) is 4.74 Å². The van der Waals surface area contributed by atoms with Crippen LogP contribution in [0.1, 0.15) is 80.9 Å². The molecule has 1 aliphatic carbocycles. The largest absolute Gasteiger partial charge is 0.462 e. The van der Waals surface area contributed by atoms with E-state index in [9.17, 15) is 4.79 Å². The fraction of sp³-hybridized carbons (Fsp3) is 0.440. The summed E-state index contributed by atoms with van der Waals surface area (Å²) in [6.07, 6.45) is 6.07. The van der Waals surface area contributed by atoms with Crippen molar-refractivity contribution in [2.24, 2.45) is 0 Å².